The Morgan fingerprint density at radius 3 is 2.26 bits per heavy atom. The minimum atomic E-state index is -0.376. The van der Waals surface area contributed by atoms with E-state index in [0.29, 0.717) is 0 Å². The van der Waals surface area contributed by atoms with Crippen LogP contribution in [0.25, 0.3) is 11.1 Å². The Bertz CT molecular complexity index is 1230. The molecule has 9 heteroatoms. The Hall–Kier alpha value is -3.53. The van der Waals surface area contributed by atoms with E-state index in [1.54, 1.807) is 0 Å². The SMILES string of the molecule is S=C(NCCCN1CCOCC1)N(Cc1ccccc1)Cc1ccc(-c2ccccc2C2N=NN=N2)cc1. The van der Waals surface area contributed by atoms with E-state index in [1.165, 1.54) is 11.1 Å². The molecule has 0 aliphatic carbocycles. The smallest absolute Gasteiger partial charge is 0.211 e. The minimum Gasteiger partial charge on any atom is -0.379 e. The van der Waals surface area contributed by atoms with Gasteiger partial charge in [-0.2, -0.15) is 0 Å². The van der Waals surface area contributed by atoms with Gasteiger partial charge in [-0.1, -0.05) is 78.9 Å². The summed E-state index contributed by atoms with van der Waals surface area (Å²) in [7, 11) is 0. The molecule has 0 aromatic heterocycles. The van der Waals surface area contributed by atoms with Crippen LogP contribution in [0.1, 0.15) is 29.3 Å². The highest BCUT2D eigenvalue weighted by molar-refractivity contribution is 7.80. The van der Waals surface area contributed by atoms with Crippen LogP contribution in [-0.4, -0.2) is 54.3 Å². The molecule has 0 saturated carbocycles. The third kappa shape index (κ3) is 7.06. The van der Waals surface area contributed by atoms with E-state index in [0.717, 1.165) is 80.7 Å². The fraction of sp³-hybridized carbons (Fsp3) is 0.345. The van der Waals surface area contributed by atoms with Crippen molar-refractivity contribution in [2.24, 2.45) is 20.7 Å². The first-order valence-corrected chi connectivity index (χ1v) is 13.5. The van der Waals surface area contributed by atoms with Crippen molar-refractivity contribution in [1.29, 1.82) is 0 Å². The van der Waals surface area contributed by atoms with Gasteiger partial charge in [-0.05, 0) is 57.9 Å². The Balaban J connectivity index is 1.24. The van der Waals surface area contributed by atoms with Crippen LogP contribution >= 0.6 is 12.2 Å². The molecule has 3 aromatic carbocycles. The number of benzene rings is 3. The van der Waals surface area contributed by atoms with E-state index in [4.69, 9.17) is 17.0 Å². The van der Waals surface area contributed by atoms with Crippen molar-refractivity contribution in [2.45, 2.75) is 25.7 Å². The molecular formula is C29H33N7OS. The van der Waals surface area contributed by atoms with Crippen molar-refractivity contribution in [3.8, 4) is 11.1 Å². The molecule has 0 atom stereocenters. The van der Waals surface area contributed by atoms with Crippen molar-refractivity contribution in [3.05, 3.63) is 95.6 Å². The summed E-state index contributed by atoms with van der Waals surface area (Å²) in [5.41, 5.74) is 5.62. The molecule has 2 heterocycles. The minimum absolute atomic E-state index is 0.376. The lowest BCUT2D eigenvalue weighted by Gasteiger charge is -2.28. The monoisotopic (exact) mass is 527 g/mol. The number of ether oxygens (including phenoxy) is 1. The van der Waals surface area contributed by atoms with Crippen LogP contribution in [-0.2, 0) is 17.8 Å². The fourth-order valence-corrected chi connectivity index (χ4v) is 4.96. The quantitative estimate of drug-likeness (QED) is 0.267. The zero-order valence-corrected chi connectivity index (χ0v) is 22.3. The van der Waals surface area contributed by atoms with Crippen LogP contribution in [0.5, 0.6) is 0 Å². The predicted octanol–water partition coefficient (Wildman–Crippen LogP) is 5.78. The van der Waals surface area contributed by atoms with Gasteiger partial charge in [0.15, 0.2) is 5.11 Å². The zero-order valence-electron chi connectivity index (χ0n) is 21.4. The molecule has 38 heavy (non-hydrogen) atoms. The number of morpholine rings is 1. The third-order valence-corrected chi connectivity index (χ3v) is 7.18. The van der Waals surface area contributed by atoms with E-state index in [9.17, 15) is 0 Å². The van der Waals surface area contributed by atoms with Gasteiger partial charge in [0.2, 0.25) is 6.17 Å². The van der Waals surface area contributed by atoms with E-state index < -0.39 is 0 Å². The highest BCUT2D eigenvalue weighted by atomic mass is 32.1. The molecule has 2 aliphatic heterocycles. The van der Waals surface area contributed by atoms with E-state index in [-0.39, 0.29) is 6.17 Å². The molecule has 1 N–H and O–H groups in total. The number of hydrogen-bond donors (Lipinski definition) is 1. The van der Waals surface area contributed by atoms with Gasteiger partial charge in [0.25, 0.3) is 0 Å². The predicted molar refractivity (Wildman–Crippen MR) is 152 cm³/mol. The van der Waals surface area contributed by atoms with Crippen LogP contribution < -0.4 is 5.32 Å². The van der Waals surface area contributed by atoms with Gasteiger partial charge in [-0.15, -0.1) is 10.2 Å². The second-order valence-corrected chi connectivity index (χ2v) is 9.84. The molecule has 8 nitrogen and oxygen atoms in total. The Morgan fingerprint density at radius 1 is 0.868 bits per heavy atom. The molecule has 5 rings (SSSR count). The molecule has 1 fully saturated rings. The van der Waals surface area contributed by atoms with Gasteiger partial charge in [0.1, 0.15) is 0 Å². The number of rotatable bonds is 10. The average Bonchev–Trinajstić information content (AvgIpc) is 3.52. The van der Waals surface area contributed by atoms with Crippen LogP contribution in [0.15, 0.2) is 99.5 Å². The van der Waals surface area contributed by atoms with E-state index in [2.05, 4.69) is 90.4 Å². The zero-order chi connectivity index (χ0) is 26.0. The van der Waals surface area contributed by atoms with Gasteiger partial charge in [-0.3, -0.25) is 4.90 Å². The normalized spacial score (nSPS) is 15.6. The lowest BCUT2D eigenvalue weighted by molar-refractivity contribution is 0.0376. The van der Waals surface area contributed by atoms with Crippen LogP contribution in [0, 0.1) is 0 Å². The molecule has 2 aliphatic rings. The Kier molecular flexibility index (Phi) is 9.15. The van der Waals surface area contributed by atoms with Crippen LogP contribution in [0.4, 0.5) is 0 Å². The first kappa shape index (κ1) is 26.1. The Labute approximate surface area is 229 Å². The summed E-state index contributed by atoms with van der Waals surface area (Å²) in [6.07, 6.45) is 0.673. The van der Waals surface area contributed by atoms with Crippen molar-refractivity contribution < 1.29 is 4.74 Å². The summed E-state index contributed by atoms with van der Waals surface area (Å²) in [6.45, 7) is 7.07. The largest absolute Gasteiger partial charge is 0.379 e. The number of thiocarbonyl (C=S) groups is 1. The summed E-state index contributed by atoms with van der Waals surface area (Å²) in [5, 5.41) is 19.9. The first-order chi connectivity index (χ1) is 18.8. The van der Waals surface area contributed by atoms with Crippen LogP contribution in [0.2, 0.25) is 0 Å². The molecule has 0 bridgehead atoms. The maximum absolute atomic E-state index is 5.87. The van der Waals surface area contributed by atoms with Crippen molar-refractivity contribution in [2.75, 3.05) is 39.4 Å². The molecule has 0 radical (unpaired) electrons. The van der Waals surface area contributed by atoms with Gasteiger partial charge < -0.3 is 15.0 Å². The molecular weight excluding hydrogens is 494 g/mol. The molecule has 3 aromatic rings. The number of hydrogen-bond acceptors (Lipinski definition) is 7. The van der Waals surface area contributed by atoms with E-state index >= 15 is 0 Å². The van der Waals surface area contributed by atoms with Gasteiger partial charge in [0.05, 0.1) is 13.2 Å². The van der Waals surface area contributed by atoms with Gasteiger partial charge in [-0.25, -0.2) is 0 Å². The number of nitrogens with one attached hydrogen (secondary N) is 1. The van der Waals surface area contributed by atoms with Crippen molar-refractivity contribution in [3.63, 3.8) is 0 Å². The Morgan fingerprint density at radius 2 is 1.53 bits per heavy atom. The highest BCUT2D eigenvalue weighted by Gasteiger charge is 2.18. The summed E-state index contributed by atoms with van der Waals surface area (Å²) >= 11 is 5.87. The molecule has 196 valence electrons. The van der Waals surface area contributed by atoms with E-state index in [1.807, 2.05) is 24.3 Å². The summed E-state index contributed by atoms with van der Waals surface area (Å²) in [6, 6.07) is 27.3. The molecule has 0 spiro atoms. The summed E-state index contributed by atoms with van der Waals surface area (Å²) in [4.78, 5) is 4.69. The molecule has 0 unspecified atom stereocenters. The maximum atomic E-state index is 5.87. The van der Waals surface area contributed by atoms with Crippen LogP contribution in [0.3, 0.4) is 0 Å². The molecule has 1 saturated heterocycles. The maximum Gasteiger partial charge on any atom is 0.211 e. The lowest BCUT2D eigenvalue weighted by atomic mass is 9.97. The van der Waals surface area contributed by atoms with Gasteiger partial charge in [0, 0.05) is 38.3 Å². The van der Waals surface area contributed by atoms with Gasteiger partial charge >= 0.3 is 0 Å². The highest BCUT2D eigenvalue weighted by Crippen LogP contribution is 2.33. The second-order valence-electron chi connectivity index (χ2n) is 9.45. The third-order valence-electron chi connectivity index (χ3n) is 6.77. The lowest BCUT2D eigenvalue weighted by Crippen LogP contribution is -2.41. The van der Waals surface area contributed by atoms with Crippen molar-refractivity contribution in [1.82, 2.24) is 15.1 Å². The second kappa shape index (κ2) is 13.3. The summed E-state index contributed by atoms with van der Waals surface area (Å²) in [5.74, 6) is 0. The molecule has 0 amide bonds. The average molecular weight is 528 g/mol. The first-order valence-electron chi connectivity index (χ1n) is 13.1. The number of nitrogens with zero attached hydrogens (tertiary/aromatic N) is 6. The standard InChI is InChI=1S/C29H33N7OS/c38-29(30-15-6-16-35-17-19-37-20-18-35)36(21-23-7-2-1-3-8-23)22-24-11-13-25(14-12-24)26-9-4-5-10-27(26)28-31-33-34-32-28/h1-5,7-14,28H,6,15-22H2,(H,30,38). The van der Waals surface area contributed by atoms with Crippen molar-refractivity contribution >= 4 is 17.3 Å². The fourth-order valence-electron chi connectivity index (χ4n) is 4.72. The summed E-state index contributed by atoms with van der Waals surface area (Å²) < 4.78 is 5.45. The topological polar surface area (TPSA) is 77.2 Å².